The fourth-order valence-corrected chi connectivity index (χ4v) is 2.88. The molecule has 0 N–H and O–H groups in total. The number of nitrogens with zero attached hydrogens (tertiary/aromatic N) is 3. The normalized spacial score (nSPS) is 10.8. The molecule has 0 radical (unpaired) electrons. The van der Waals surface area contributed by atoms with Gasteiger partial charge in [0.05, 0.1) is 6.54 Å². The van der Waals surface area contributed by atoms with Gasteiger partial charge in [0.25, 0.3) is 5.91 Å². The van der Waals surface area contributed by atoms with Crippen molar-refractivity contribution in [3.63, 3.8) is 0 Å². The molecule has 6 nitrogen and oxygen atoms in total. The molecule has 1 aromatic heterocycles. The van der Waals surface area contributed by atoms with Crippen molar-refractivity contribution < 1.29 is 13.9 Å². The van der Waals surface area contributed by atoms with Crippen LogP contribution < -0.4 is 4.74 Å². The van der Waals surface area contributed by atoms with Gasteiger partial charge in [0, 0.05) is 18.0 Å². The molecule has 4 rings (SSSR count). The molecule has 0 saturated carbocycles. The molecule has 140 valence electrons. The summed E-state index contributed by atoms with van der Waals surface area (Å²) in [5.74, 6) is 1.32. The predicted molar refractivity (Wildman–Crippen MR) is 106 cm³/mol. The van der Waals surface area contributed by atoms with Gasteiger partial charge >= 0.3 is 0 Å². The van der Waals surface area contributed by atoms with Gasteiger partial charge in [0.15, 0.2) is 6.61 Å². The van der Waals surface area contributed by atoms with Gasteiger partial charge in [-0.15, -0.1) is 10.2 Å². The van der Waals surface area contributed by atoms with Crippen LogP contribution in [0.5, 0.6) is 5.75 Å². The molecule has 0 saturated heterocycles. The van der Waals surface area contributed by atoms with Crippen molar-refractivity contribution >= 4 is 16.7 Å². The highest BCUT2D eigenvalue weighted by molar-refractivity contribution is 5.88. The second kappa shape index (κ2) is 7.92. The van der Waals surface area contributed by atoms with Crippen molar-refractivity contribution in [1.82, 2.24) is 15.1 Å². The van der Waals surface area contributed by atoms with E-state index in [1.165, 1.54) is 4.90 Å². The summed E-state index contributed by atoms with van der Waals surface area (Å²) in [6, 6.07) is 23.2. The number of likely N-dealkylation sites (N-methyl/N-ethyl adjacent to an activating group) is 1. The molecule has 0 spiro atoms. The van der Waals surface area contributed by atoms with Gasteiger partial charge in [-0.05, 0) is 23.6 Å². The number of fused-ring (bicyclic) bond motifs is 1. The molecular formula is C22H19N3O3. The summed E-state index contributed by atoms with van der Waals surface area (Å²) >= 11 is 0. The van der Waals surface area contributed by atoms with Crippen LogP contribution in [-0.2, 0) is 11.3 Å². The molecule has 3 aromatic carbocycles. The van der Waals surface area contributed by atoms with E-state index in [0.29, 0.717) is 17.5 Å². The zero-order valence-corrected chi connectivity index (χ0v) is 15.4. The van der Waals surface area contributed by atoms with Crippen molar-refractivity contribution in [3.05, 3.63) is 78.7 Å². The number of aromatic nitrogens is 2. The van der Waals surface area contributed by atoms with Crippen LogP contribution in [0.25, 0.3) is 22.2 Å². The van der Waals surface area contributed by atoms with E-state index in [1.807, 2.05) is 72.8 Å². The predicted octanol–water partition coefficient (Wildman–Crippen LogP) is 3.93. The third-order valence-corrected chi connectivity index (χ3v) is 4.39. The number of carbonyl (C=O) groups excluding carboxylic acids is 1. The molecule has 1 amide bonds. The molecular weight excluding hydrogens is 354 g/mol. The van der Waals surface area contributed by atoms with Gasteiger partial charge in [-0.1, -0.05) is 54.6 Å². The Morgan fingerprint density at radius 3 is 2.57 bits per heavy atom. The summed E-state index contributed by atoms with van der Waals surface area (Å²) in [5, 5.41) is 10.1. The highest BCUT2D eigenvalue weighted by Gasteiger charge is 2.15. The number of carbonyl (C=O) groups is 1. The SMILES string of the molecule is CN(Cc1nnc(-c2ccccc2)o1)C(=O)COc1cccc2ccccc12. The molecule has 0 aliphatic carbocycles. The van der Waals surface area contributed by atoms with E-state index in [0.717, 1.165) is 16.3 Å². The van der Waals surface area contributed by atoms with Crippen LogP contribution in [0, 0.1) is 0 Å². The van der Waals surface area contributed by atoms with Crippen LogP contribution in [0.4, 0.5) is 0 Å². The van der Waals surface area contributed by atoms with Crippen molar-refractivity contribution in [1.29, 1.82) is 0 Å². The number of ether oxygens (including phenoxy) is 1. The van der Waals surface area contributed by atoms with Gasteiger partial charge in [-0.25, -0.2) is 0 Å². The zero-order chi connectivity index (χ0) is 19.3. The van der Waals surface area contributed by atoms with Crippen molar-refractivity contribution in [3.8, 4) is 17.2 Å². The summed E-state index contributed by atoms with van der Waals surface area (Å²) < 4.78 is 11.4. The van der Waals surface area contributed by atoms with Crippen LogP contribution in [0.1, 0.15) is 5.89 Å². The number of hydrogen-bond acceptors (Lipinski definition) is 5. The molecule has 0 aliphatic heterocycles. The van der Waals surface area contributed by atoms with E-state index < -0.39 is 0 Å². The van der Waals surface area contributed by atoms with E-state index in [9.17, 15) is 4.79 Å². The Bertz CT molecular complexity index is 1090. The molecule has 6 heteroatoms. The fraction of sp³-hybridized carbons (Fsp3) is 0.136. The summed E-state index contributed by atoms with van der Waals surface area (Å²) in [6.07, 6.45) is 0. The topological polar surface area (TPSA) is 68.5 Å². The average molecular weight is 373 g/mol. The van der Waals surface area contributed by atoms with Crippen LogP contribution in [0.15, 0.2) is 77.2 Å². The molecule has 1 heterocycles. The van der Waals surface area contributed by atoms with Crippen LogP contribution >= 0.6 is 0 Å². The second-order valence-corrected chi connectivity index (χ2v) is 6.38. The monoisotopic (exact) mass is 373 g/mol. The van der Waals surface area contributed by atoms with Gasteiger partial charge < -0.3 is 14.1 Å². The number of hydrogen-bond donors (Lipinski definition) is 0. The Hall–Kier alpha value is -3.67. The summed E-state index contributed by atoms with van der Waals surface area (Å²) in [6.45, 7) is 0.155. The third-order valence-electron chi connectivity index (χ3n) is 4.39. The highest BCUT2D eigenvalue weighted by Crippen LogP contribution is 2.25. The molecule has 0 aliphatic rings. The Labute approximate surface area is 162 Å². The van der Waals surface area contributed by atoms with Crippen molar-refractivity contribution in [2.45, 2.75) is 6.54 Å². The lowest BCUT2D eigenvalue weighted by Gasteiger charge is -2.16. The van der Waals surface area contributed by atoms with Crippen LogP contribution in [0.3, 0.4) is 0 Å². The number of amides is 1. The minimum absolute atomic E-state index is 0.0653. The number of rotatable bonds is 6. The van der Waals surface area contributed by atoms with Crippen molar-refractivity contribution in [2.75, 3.05) is 13.7 Å². The zero-order valence-electron chi connectivity index (χ0n) is 15.4. The van der Waals surface area contributed by atoms with Crippen LogP contribution in [-0.4, -0.2) is 34.7 Å². The Kier molecular flexibility index (Phi) is 5.01. The smallest absolute Gasteiger partial charge is 0.260 e. The average Bonchev–Trinajstić information content (AvgIpc) is 3.21. The second-order valence-electron chi connectivity index (χ2n) is 6.38. The molecule has 0 unspecified atom stereocenters. The van der Waals surface area contributed by atoms with E-state index in [1.54, 1.807) is 7.05 Å². The van der Waals surface area contributed by atoms with E-state index in [4.69, 9.17) is 9.15 Å². The first-order valence-electron chi connectivity index (χ1n) is 8.93. The maximum absolute atomic E-state index is 12.4. The third kappa shape index (κ3) is 3.86. The lowest BCUT2D eigenvalue weighted by molar-refractivity contribution is -0.132. The van der Waals surface area contributed by atoms with E-state index >= 15 is 0 Å². The molecule has 0 fully saturated rings. The van der Waals surface area contributed by atoms with Crippen LogP contribution in [0.2, 0.25) is 0 Å². The minimum atomic E-state index is -0.174. The molecule has 0 bridgehead atoms. The maximum Gasteiger partial charge on any atom is 0.260 e. The molecule has 4 aromatic rings. The Morgan fingerprint density at radius 2 is 1.71 bits per heavy atom. The first-order valence-corrected chi connectivity index (χ1v) is 8.93. The summed E-state index contributed by atoms with van der Waals surface area (Å²) in [4.78, 5) is 14.0. The largest absolute Gasteiger partial charge is 0.483 e. The van der Waals surface area contributed by atoms with Gasteiger partial charge in [0.2, 0.25) is 11.8 Å². The number of benzene rings is 3. The van der Waals surface area contributed by atoms with E-state index in [2.05, 4.69) is 10.2 Å². The molecule has 28 heavy (non-hydrogen) atoms. The first-order chi connectivity index (χ1) is 13.7. The minimum Gasteiger partial charge on any atom is -0.483 e. The summed E-state index contributed by atoms with van der Waals surface area (Å²) in [7, 11) is 1.68. The Morgan fingerprint density at radius 1 is 0.964 bits per heavy atom. The quantitative estimate of drug-likeness (QED) is 0.512. The lowest BCUT2D eigenvalue weighted by atomic mass is 10.1. The van der Waals surface area contributed by atoms with Gasteiger partial charge in [-0.2, -0.15) is 0 Å². The maximum atomic E-state index is 12.4. The van der Waals surface area contributed by atoms with Crippen molar-refractivity contribution in [2.24, 2.45) is 0 Å². The van der Waals surface area contributed by atoms with Gasteiger partial charge in [-0.3, -0.25) is 4.79 Å². The Balaban J connectivity index is 1.38. The van der Waals surface area contributed by atoms with Gasteiger partial charge in [0.1, 0.15) is 5.75 Å². The standard InChI is InChI=1S/C22H19N3O3/c1-25(14-20-23-24-22(28-20)17-9-3-2-4-10-17)21(26)15-27-19-13-7-11-16-8-5-6-12-18(16)19/h2-13H,14-15H2,1H3. The summed E-state index contributed by atoms with van der Waals surface area (Å²) in [5.41, 5.74) is 0.842. The lowest BCUT2D eigenvalue weighted by Crippen LogP contribution is -2.31. The molecule has 0 atom stereocenters. The van der Waals surface area contributed by atoms with E-state index in [-0.39, 0.29) is 19.1 Å². The highest BCUT2D eigenvalue weighted by atomic mass is 16.5. The first kappa shape index (κ1) is 17.7. The fourth-order valence-electron chi connectivity index (χ4n) is 2.88.